The minimum Gasteiger partial charge on any atom is -0.871 e. The van der Waals surface area contributed by atoms with Gasteiger partial charge in [0.2, 0.25) is 12.8 Å². The third-order valence-electron chi connectivity index (χ3n) is 10.2. The molecule has 0 saturated carbocycles. The van der Waals surface area contributed by atoms with E-state index >= 15 is 0 Å². The largest absolute Gasteiger partial charge is 3.00 e. The van der Waals surface area contributed by atoms with Crippen molar-refractivity contribution in [1.29, 1.82) is 0 Å². The molecular formula is C62H58Dy2N8O20Zn2. The van der Waals surface area contributed by atoms with Gasteiger partial charge in [0.1, 0.15) is 23.0 Å². The third kappa shape index (κ3) is 37.0. The molecule has 0 aromatic heterocycles. The van der Waals surface area contributed by atoms with E-state index in [0.29, 0.717) is 45.0 Å². The first-order valence-electron chi connectivity index (χ1n) is 25.3. The van der Waals surface area contributed by atoms with Gasteiger partial charge in [0.25, 0.3) is 0 Å². The Labute approximate surface area is 627 Å². The number of carbonyl (C=O) groups excluding carboxylic acids is 2. The van der Waals surface area contributed by atoms with Gasteiger partial charge in [0, 0.05) is 53.0 Å². The predicted molar refractivity (Wildman–Crippen MR) is 323 cm³/mol. The normalized spacial score (nSPS) is 9.45. The Morgan fingerprint density at radius 3 is 0.628 bits per heavy atom. The molecule has 0 atom stereocenters. The van der Waals surface area contributed by atoms with Crippen LogP contribution in [0.3, 0.4) is 0 Å². The Morgan fingerprint density at radius 1 is 0.330 bits per heavy atom. The smallest absolute Gasteiger partial charge is 0.871 e. The molecule has 0 aliphatic heterocycles. The van der Waals surface area contributed by atoms with Crippen molar-refractivity contribution in [2.75, 3.05) is 56.6 Å². The minimum atomic E-state index is -1.75. The average molecular weight is 1690 g/mol. The standard InChI is InChI=1S/4C14H13NO3.2C3H7NO.2Dy.2NO3.2Zn/c4*1-18-13-8-4-5-10(14(13)17)9-15-11-6-2-3-7-12(11)16;2*1-4(2)3-5;;;2*2-1(3)4;;/h4*2-9,16-17H,1H3;2*3H,1-2H3;;;;;;/q;;;;;;2*+3;2*-1;2*+2/p-8. The first-order valence-corrected chi connectivity index (χ1v) is 25.3. The van der Waals surface area contributed by atoms with Crippen molar-refractivity contribution >= 4 is 60.4 Å². The molecule has 94 heavy (non-hydrogen) atoms. The Balaban J connectivity index is -0.000000520. The second-order valence-electron chi connectivity index (χ2n) is 17.0. The minimum absolute atomic E-state index is 0. The fraction of sp³-hybridized carbons (Fsp3) is 0.129. The molecule has 0 fully saturated rings. The van der Waals surface area contributed by atoms with Gasteiger partial charge in [-0.2, -0.15) is 0 Å². The van der Waals surface area contributed by atoms with E-state index < -0.39 is 10.2 Å². The molecule has 0 spiro atoms. The van der Waals surface area contributed by atoms with Gasteiger partial charge in [-0.25, -0.2) is 0 Å². The zero-order valence-corrected chi connectivity index (χ0v) is 61.4. The van der Waals surface area contributed by atoms with Crippen LogP contribution in [0, 0.1) is 107 Å². The van der Waals surface area contributed by atoms with E-state index in [4.69, 9.17) is 49.6 Å². The number of benzene rings is 8. The molecule has 2 radical (unpaired) electrons. The second kappa shape index (κ2) is 52.6. The molecule has 0 N–H and O–H groups in total. The number of rotatable bonds is 14. The van der Waals surface area contributed by atoms with Crippen molar-refractivity contribution < 1.29 is 195 Å². The van der Waals surface area contributed by atoms with Crippen LogP contribution in [0.4, 0.5) is 22.7 Å². The Hall–Kier alpha value is -8.83. The summed E-state index contributed by atoms with van der Waals surface area (Å²) in [5, 5.41) is 122. The summed E-state index contributed by atoms with van der Waals surface area (Å²) < 4.78 is 19.7. The van der Waals surface area contributed by atoms with Crippen LogP contribution >= 0.6 is 0 Å². The number of nitrogens with zero attached hydrogens (tertiary/aromatic N) is 8. The fourth-order valence-corrected chi connectivity index (χ4v) is 5.99. The summed E-state index contributed by atoms with van der Waals surface area (Å²) in [6.07, 6.45) is 7.01. The topological polar surface area (TPSA) is 444 Å². The molecule has 8 aromatic rings. The van der Waals surface area contributed by atoms with Crippen LogP contribution in [0.1, 0.15) is 22.3 Å². The van der Waals surface area contributed by atoms with Gasteiger partial charge in [0.05, 0.1) is 61.4 Å². The zero-order valence-electron chi connectivity index (χ0n) is 51.4. The van der Waals surface area contributed by atoms with Gasteiger partial charge < -0.3 is 100 Å². The molecule has 8 aromatic carbocycles. The molecule has 0 heterocycles. The van der Waals surface area contributed by atoms with Gasteiger partial charge in [-0.15, -0.1) is 0 Å². The van der Waals surface area contributed by atoms with Crippen LogP contribution in [-0.2, 0) is 48.5 Å². The first kappa shape index (κ1) is 91.6. The molecule has 0 aliphatic carbocycles. The quantitative estimate of drug-likeness (QED) is 0.0438. The number of amides is 2. The van der Waals surface area contributed by atoms with Gasteiger partial charge in [-0.3, -0.25) is 29.6 Å². The van der Waals surface area contributed by atoms with Crippen LogP contribution in [-0.4, -0.2) is 114 Å². The predicted octanol–water partition coefficient (Wildman–Crippen LogP) is 5.30. The number of carbonyl (C=O) groups is 2. The molecular weight excluding hydrogens is 1630 g/mol. The van der Waals surface area contributed by atoms with Crippen molar-refractivity contribution in [3.8, 4) is 69.0 Å². The SMILES string of the molecule is CN(C)C=O.CN(C)C=O.COc1cccc(C=Nc2ccccc2[O-])c1[O-].COc1cccc(C=Nc2ccccc2[O-])c1[O-].COc1cccc(C=Nc2ccccc2[O-])c1[O-].COc1cccc(C=Nc2ccccc2[O-])c1[O-].O=[N+]([O-])[O-].O=[N+]([O-])[O-].[Dy+3].[Dy+3].[Zn+2].[Zn+2]. The molecule has 0 saturated heterocycles. The average Bonchev–Trinajstić information content (AvgIpc) is 0.984. The van der Waals surface area contributed by atoms with Crippen LogP contribution in [0.15, 0.2) is 190 Å². The Bertz CT molecular complexity index is 3200. The van der Waals surface area contributed by atoms with E-state index in [0.717, 1.165) is 12.8 Å². The number of aliphatic imine (C=N–C) groups is 4. The number of ether oxygens (including phenoxy) is 4. The van der Waals surface area contributed by atoms with Crippen molar-refractivity contribution in [3.63, 3.8) is 0 Å². The van der Waals surface area contributed by atoms with E-state index in [1.54, 1.807) is 174 Å². The molecule has 28 nitrogen and oxygen atoms in total. The Kier molecular flexibility index (Phi) is 51.3. The van der Waals surface area contributed by atoms with E-state index in [2.05, 4.69) is 20.0 Å². The maximum atomic E-state index is 11.8. The van der Waals surface area contributed by atoms with Gasteiger partial charge >= 0.3 is 115 Å². The van der Waals surface area contributed by atoms with Crippen molar-refractivity contribution in [2.24, 2.45) is 20.0 Å². The van der Waals surface area contributed by atoms with Crippen LogP contribution in [0.25, 0.3) is 0 Å². The summed E-state index contributed by atoms with van der Waals surface area (Å²) in [5.74, 6) is -0.646. The summed E-state index contributed by atoms with van der Waals surface area (Å²) in [4.78, 5) is 54.3. The fourth-order valence-electron chi connectivity index (χ4n) is 5.99. The van der Waals surface area contributed by atoms with Gasteiger partial charge in [-0.1, -0.05) is 167 Å². The summed E-state index contributed by atoms with van der Waals surface area (Å²) in [6, 6.07) is 45.2. The zero-order chi connectivity index (χ0) is 67.6. The van der Waals surface area contributed by atoms with Gasteiger partial charge in [-0.05, 0) is 70.8 Å². The Morgan fingerprint density at radius 2 is 0.489 bits per heavy atom. The monoisotopic (exact) mass is 1690 g/mol. The number of hydrogen-bond donors (Lipinski definition) is 0. The van der Waals surface area contributed by atoms with E-state index in [1.807, 2.05) is 0 Å². The molecule has 8 rings (SSSR count). The summed E-state index contributed by atoms with van der Waals surface area (Å²) >= 11 is 0. The number of para-hydroxylation sites is 12. The van der Waals surface area contributed by atoms with Crippen molar-refractivity contribution in [3.05, 3.63) is 223 Å². The van der Waals surface area contributed by atoms with Crippen LogP contribution in [0.2, 0.25) is 0 Å². The summed E-state index contributed by atoms with van der Waals surface area (Å²) in [6.45, 7) is 0. The number of methoxy groups -OCH3 is 4. The van der Waals surface area contributed by atoms with Crippen molar-refractivity contribution in [2.45, 2.75) is 0 Å². The second-order valence-corrected chi connectivity index (χ2v) is 17.0. The maximum Gasteiger partial charge on any atom is 3.00 e. The van der Waals surface area contributed by atoms with E-state index in [9.17, 15) is 50.4 Å². The molecule has 32 heteroatoms. The van der Waals surface area contributed by atoms with E-state index in [1.165, 1.54) is 87.4 Å². The molecule has 0 aliphatic rings. The molecule has 0 bridgehead atoms. The summed E-state index contributed by atoms with van der Waals surface area (Å²) in [7, 11) is 12.5. The molecule has 490 valence electrons. The molecule has 2 amide bonds. The summed E-state index contributed by atoms with van der Waals surface area (Å²) in [5.41, 5.74) is 2.77. The van der Waals surface area contributed by atoms with Crippen LogP contribution < -0.4 is 59.8 Å². The molecule has 0 unspecified atom stereocenters. The van der Waals surface area contributed by atoms with E-state index in [-0.39, 0.29) is 184 Å². The third-order valence-corrected chi connectivity index (χ3v) is 10.2. The maximum absolute atomic E-state index is 11.8. The first-order chi connectivity index (χ1) is 42.9. The number of hydrogen-bond acceptors (Lipinski definition) is 24. The van der Waals surface area contributed by atoms with Crippen LogP contribution in [0.5, 0.6) is 69.0 Å². The van der Waals surface area contributed by atoms with Crippen molar-refractivity contribution in [1.82, 2.24) is 9.80 Å². The van der Waals surface area contributed by atoms with Gasteiger partial charge in [0.15, 0.2) is 0 Å².